The minimum Gasteiger partial charge on any atom is -0.488 e. The SMILES string of the molecule is CS(=O)(=O)Nc1c(OC2CC2)ccnc1I. The van der Waals surface area contributed by atoms with Gasteiger partial charge in [0.25, 0.3) is 0 Å². The summed E-state index contributed by atoms with van der Waals surface area (Å²) < 4.78 is 31.0. The number of nitrogens with one attached hydrogen (secondary N) is 1. The van der Waals surface area contributed by atoms with Crippen LogP contribution < -0.4 is 9.46 Å². The van der Waals surface area contributed by atoms with Crippen molar-refractivity contribution in [3.63, 3.8) is 0 Å². The average molecular weight is 354 g/mol. The summed E-state index contributed by atoms with van der Waals surface area (Å²) >= 11 is 1.98. The molecule has 1 aromatic rings. The Labute approximate surface area is 108 Å². The van der Waals surface area contributed by atoms with Gasteiger partial charge in [0, 0.05) is 12.3 Å². The second-order valence-corrected chi connectivity index (χ2v) is 6.44. The summed E-state index contributed by atoms with van der Waals surface area (Å²) in [4.78, 5) is 4.03. The van der Waals surface area contributed by atoms with Crippen molar-refractivity contribution in [1.29, 1.82) is 0 Å². The molecule has 0 aromatic carbocycles. The van der Waals surface area contributed by atoms with E-state index in [0.717, 1.165) is 19.1 Å². The van der Waals surface area contributed by atoms with E-state index < -0.39 is 10.0 Å². The Morgan fingerprint density at radius 1 is 1.56 bits per heavy atom. The lowest BCUT2D eigenvalue weighted by Gasteiger charge is -2.12. The minimum absolute atomic E-state index is 0.221. The first-order valence-electron chi connectivity index (χ1n) is 4.74. The van der Waals surface area contributed by atoms with Crippen LogP contribution in [0.2, 0.25) is 0 Å². The maximum Gasteiger partial charge on any atom is 0.230 e. The predicted molar refractivity (Wildman–Crippen MR) is 69.1 cm³/mol. The number of sulfonamides is 1. The van der Waals surface area contributed by atoms with Crippen LogP contribution >= 0.6 is 22.6 Å². The van der Waals surface area contributed by atoms with Crippen molar-refractivity contribution in [3.8, 4) is 5.75 Å². The Morgan fingerprint density at radius 3 is 2.81 bits per heavy atom. The highest BCUT2D eigenvalue weighted by Gasteiger charge is 2.25. The van der Waals surface area contributed by atoms with Crippen LogP contribution in [0.1, 0.15) is 12.8 Å². The number of hydrogen-bond acceptors (Lipinski definition) is 4. The lowest BCUT2D eigenvalue weighted by molar-refractivity contribution is 0.304. The molecular formula is C9H11IN2O3S. The topological polar surface area (TPSA) is 68.3 Å². The number of aromatic nitrogens is 1. The number of anilines is 1. The van der Waals surface area contributed by atoms with Gasteiger partial charge in [0.15, 0.2) is 0 Å². The molecule has 88 valence electrons. The van der Waals surface area contributed by atoms with Gasteiger partial charge in [0.1, 0.15) is 15.1 Å². The predicted octanol–water partition coefficient (Wildman–Crippen LogP) is 1.60. The zero-order valence-corrected chi connectivity index (χ0v) is 11.6. The number of pyridine rings is 1. The van der Waals surface area contributed by atoms with Crippen LogP contribution in [-0.4, -0.2) is 25.8 Å². The van der Waals surface area contributed by atoms with Crippen molar-refractivity contribution in [2.24, 2.45) is 0 Å². The fourth-order valence-corrected chi connectivity index (χ4v) is 2.47. The van der Waals surface area contributed by atoms with Crippen LogP contribution in [0.3, 0.4) is 0 Å². The summed E-state index contributed by atoms with van der Waals surface area (Å²) in [6.45, 7) is 0. The maximum absolute atomic E-state index is 11.2. The molecule has 1 saturated carbocycles. The van der Waals surface area contributed by atoms with E-state index >= 15 is 0 Å². The summed E-state index contributed by atoms with van der Waals surface area (Å²) in [6.07, 6.45) is 4.98. The van der Waals surface area contributed by atoms with Crippen molar-refractivity contribution >= 4 is 38.3 Å². The molecule has 1 heterocycles. The summed E-state index contributed by atoms with van der Waals surface area (Å²) in [5, 5.41) is 0. The Kier molecular flexibility index (Phi) is 3.24. The van der Waals surface area contributed by atoms with E-state index in [0.29, 0.717) is 15.1 Å². The van der Waals surface area contributed by atoms with Crippen molar-refractivity contribution in [2.75, 3.05) is 11.0 Å². The summed E-state index contributed by atoms with van der Waals surface area (Å²) in [7, 11) is -3.31. The molecule has 1 N–H and O–H groups in total. The van der Waals surface area contributed by atoms with E-state index in [1.165, 1.54) is 0 Å². The fraction of sp³-hybridized carbons (Fsp3) is 0.444. The Hall–Kier alpha value is -0.570. The van der Waals surface area contributed by atoms with Crippen LogP contribution in [-0.2, 0) is 10.0 Å². The Bertz CT molecular complexity index is 499. The molecule has 0 saturated heterocycles. The Balaban J connectivity index is 2.31. The van der Waals surface area contributed by atoms with Crippen LogP contribution in [0.5, 0.6) is 5.75 Å². The molecule has 1 aliphatic carbocycles. The van der Waals surface area contributed by atoms with Crippen LogP contribution in [0, 0.1) is 3.70 Å². The highest BCUT2D eigenvalue weighted by molar-refractivity contribution is 14.1. The lowest BCUT2D eigenvalue weighted by Crippen LogP contribution is -2.13. The van der Waals surface area contributed by atoms with Gasteiger partial charge in [-0.3, -0.25) is 4.72 Å². The van der Waals surface area contributed by atoms with E-state index in [4.69, 9.17) is 4.74 Å². The lowest BCUT2D eigenvalue weighted by atomic mass is 10.4. The fourth-order valence-electron chi connectivity index (χ4n) is 1.16. The Morgan fingerprint density at radius 2 is 2.25 bits per heavy atom. The molecule has 16 heavy (non-hydrogen) atoms. The van der Waals surface area contributed by atoms with Crippen LogP contribution in [0.15, 0.2) is 12.3 Å². The average Bonchev–Trinajstić information content (AvgIpc) is 2.93. The second-order valence-electron chi connectivity index (χ2n) is 3.67. The molecule has 1 aliphatic rings. The number of halogens is 1. The number of hydrogen-bond donors (Lipinski definition) is 1. The molecule has 1 aromatic heterocycles. The van der Waals surface area contributed by atoms with Crippen LogP contribution in [0.4, 0.5) is 5.69 Å². The highest BCUT2D eigenvalue weighted by Crippen LogP contribution is 2.34. The van der Waals surface area contributed by atoms with Gasteiger partial charge in [0.05, 0.1) is 12.4 Å². The zero-order valence-electron chi connectivity index (χ0n) is 8.60. The third kappa shape index (κ3) is 3.21. The van der Waals surface area contributed by atoms with E-state index in [1.807, 2.05) is 22.6 Å². The molecule has 2 rings (SSSR count). The number of rotatable bonds is 4. The molecule has 0 bridgehead atoms. The molecule has 0 aliphatic heterocycles. The van der Waals surface area contributed by atoms with Crippen molar-refractivity contribution < 1.29 is 13.2 Å². The molecule has 7 heteroatoms. The smallest absolute Gasteiger partial charge is 0.230 e. The van der Waals surface area contributed by atoms with Gasteiger partial charge in [-0.05, 0) is 35.4 Å². The zero-order chi connectivity index (χ0) is 11.8. The van der Waals surface area contributed by atoms with Crippen LogP contribution in [0.25, 0.3) is 0 Å². The molecule has 0 unspecified atom stereocenters. The van der Waals surface area contributed by atoms with Gasteiger partial charge in [-0.25, -0.2) is 13.4 Å². The molecule has 0 radical (unpaired) electrons. The first kappa shape index (κ1) is 11.9. The van der Waals surface area contributed by atoms with E-state index in [9.17, 15) is 8.42 Å². The molecule has 1 fully saturated rings. The van der Waals surface area contributed by atoms with Gasteiger partial charge in [-0.1, -0.05) is 0 Å². The molecule has 5 nitrogen and oxygen atoms in total. The summed E-state index contributed by atoms with van der Waals surface area (Å²) in [5.74, 6) is 0.548. The van der Waals surface area contributed by atoms with Gasteiger partial charge >= 0.3 is 0 Å². The molecule has 0 atom stereocenters. The third-order valence-electron chi connectivity index (χ3n) is 1.97. The maximum atomic E-state index is 11.2. The minimum atomic E-state index is -3.31. The molecular weight excluding hydrogens is 343 g/mol. The number of nitrogens with zero attached hydrogens (tertiary/aromatic N) is 1. The van der Waals surface area contributed by atoms with Gasteiger partial charge in [-0.15, -0.1) is 0 Å². The van der Waals surface area contributed by atoms with Crippen molar-refractivity contribution in [1.82, 2.24) is 4.98 Å². The first-order chi connectivity index (χ1) is 7.46. The quantitative estimate of drug-likeness (QED) is 0.659. The van der Waals surface area contributed by atoms with Crippen molar-refractivity contribution in [3.05, 3.63) is 16.0 Å². The van der Waals surface area contributed by atoms with E-state index in [-0.39, 0.29) is 6.10 Å². The highest BCUT2D eigenvalue weighted by atomic mass is 127. The van der Waals surface area contributed by atoms with Gasteiger partial charge in [0.2, 0.25) is 10.0 Å². The second kappa shape index (κ2) is 4.36. The van der Waals surface area contributed by atoms with Gasteiger partial charge < -0.3 is 4.74 Å². The van der Waals surface area contributed by atoms with E-state index in [1.54, 1.807) is 12.3 Å². The molecule has 0 amide bonds. The normalized spacial score (nSPS) is 15.9. The van der Waals surface area contributed by atoms with Gasteiger partial charge in [-0.2, -0.15) is 0 Å². The largest absolute Gasteiger partial charge is 0.488 e. The number of ether oxygens (including phenoxy) is 1. The molecule has 0 spiro atoms. The third-order valence-corrected chi connectivity index (χ3v) is 3.36. The standard InChI is InChI=1S/C9H11IN2O3S/c1-16(13,14)12-8-7(15-6-2-3-6)4-5-11-9(8)10/h4-6,12H,2-3H2,1H3. The summed E-state index contributed by atoms with van der Waals surface area (Å²) in [5.41, 5.74) is 0.428. The monoisotopic (exact) mass is 354 g/mol. The van der Waals surface area contributed by atoms with E-state index in [2.05, 4.69) is 9.71 Å². The van der Waals surface area contributed by atoms with Crippen molar-refractivity contribution in [2.45, 2.75) is 18.9 Å². The first-order valence-corrected chi connectivity index (χ1v) is 7.71. The summed E-state index contributed by atoms with van der Waals surface area (Å²) in [6, 6.07) is 1.67.